The van der Waals surface area contributed by atoms with Gasteiger partial charge in [-0.25, -0.2) is 13.4 Å². The van der Waals surface area contributed by atoms with Gasteiger partial charge in [-0.2, -0.15) is 0 Å². The van der Waals surface area contributed by atoms with Gasteiger partial charge in [-0.05, 0) is 31.2 Å². The molecule has 1 aliphatic heterocycles. The third-order valence-electron chi connectivity index (χ3n) is 3.98. The maximum atomic E-state index is 12.5. The number of fused-ring (bicyclic) bond motifs is 1. The number of carbonyl (C=O) groups excluding carboxylic acids is 1. The third-order valence-corrected chi connectivity index (χ3v) is 5.17. The zero-order valence-electron chi connectivity index (χ0n) is 15.6. The Morgan fingerprint density at radius 3 is 2.72 bits per heavy atom. The molecule has 3 rings (SSSR count). The Labute approximate surface area is 170 Å². The molecule has 1 aromatic carbocycles. The highest BCUT2D eigenvalue weighted by atomic mass is 32.2. The molecule has 148 valence electrons. The van der Waals surface area contributed by atoms with E-state index in [1.165, 1.54) is 13.0 Å². The Bertz CT molecular complexity index is 1080. The third kappa shape index (κ3) is 4.86. The number of nitrogens with zero attached hydrogens (tertiary/aromatic N) is 1. The van der Waals surface area contributed by atoms with Gasteiger partial charge in [0.05, 0.1) is 10.7 Å². The molecule has 2 heterocycles. The molecule has 0 saturated carbocycles. The second-order valence-corrected chi connectivity index (χ2v) is 7.07. The molecule has 0 aliphatic carbocycles. The Hall–Kier alpha value is -3.07. The summed E-state index contributed by atoms with van der Waals surface area (Å²) in [6, 6.07) is 9.08. The Kier molecular flexibility index (Phi) is 6.38. The number of carbonyl (C=O) groups is 1. The number of allylic oxidation sites excluding steroid dienone is 5. The lowest BCUT2D eigenvalue weighted by Crippen LogP contribution is -2.19. The van der Waals surface area contributed by atoms with Crippen LogP contribution in [-0.4, -0.2) is 20.3 Å². The van der Waals surface area contributed by atoms with Crippen LogP contribution < -0.4 is 15.2 Å². The van der Waals surface area contributed by atoms with Crippen LogP contribution in [0.25, 0.3) is 0 Å². The molecule has 9 heteroatoms. The Balaban J connectivity index is 1.72. The Morgan fingerprint density at radius 1 is 1.24 bits per heavy atom. The molecule has 2 aromatic rings. The fraction of sp³-hybridized carbons (Fsp3) is 0.100. The van der Waals surface area contributed by atoms with Crippen LogP contribution in [0.2, 0.25) is 0 Å². The van der Waals surface area contributed by atoms with Crippen molar-refractivity contribution in [3.63, 3.8) is 0 Å². The largest absolute Gasteiger partial charge is 0.796 e. The normalized spacial score (nSPS) is 14.8. The van der Waals surface area contributed by atoms with Gasteiger partial charge in [-0.1, -0.05) is 42.1 Å². The number of anilines is 1. The monoisotopic (exact) mass is 415 g/mol. The number of rotatable bonds is 6. The predicted octanol–water partition coefficient (Wildman–Crippen LogP) is 4.63. The van der Waals surface area contributed by atoms with E-state index in [1.807, 2.05) is 42.3 Å². The van der Waals surface area contributed by atoms with Crippen LogP contribution >= 0.6 is 11.8 Å². The first-order valence-electron chi connectivity index (χ1n) is 8.56. The standard InChI is InChI=1S/C20H16BF2NO4S/c1-13-12-16(28-21(22)23)19(20(26)27-13)15(25)9-4-3-5-11-18-24(2)14-8-6-7-10-17(14)29-18/h3-12H,1-2H3/b5-3+,9-4+,18-11+. The lowest BCUT2D eigenvalue weighted by molar-refractivity contribution is 0.104. The van der Waals surface area contributed by atoms with Gasteiger partial charge in [0.15, 0.2) is 5.78 Å². The highest BCUT2D eigenvalue weighted by molar-refractivity contribution is 8.03. The predicted molar refractivity (Wildman–Crippen MR) is 110 cm³/mol. The molecule has 0 radical (unpaired) electrons. The summed E-state index contributed by atoms with van der Waals surface area (Å²) in [4.78, 5) is 27.4. The highest BCUT2D eigenvalue weighted by Crippen LogP contribution is 2.44. The molecule has 0 bridgehead atoms. The molecule has 0 N–H and O–H groups in total. The number of halogens is 2. The van der Waals surface area contributed by atoms with Crippen molar-refractivity contribution in [3.8, 4) is 5.75 Å². The average Bonchev–Trinajstić information content (AvgIpc) is 2.96. The molecule has 0 fully saturated rings. The van der Waals surface area contributed by atoms with Crippen LogP contribution in [-0.2, 0) is 0 Å². The maximum Gasteiger partial charge on any atom is 0.796 e. The van der Waals surface area contributed by atoms with E-state index >= 15 is 0 Å². The summed E-state index contributed by atoms with van der Waals surface area (Å²) in [6.07, 6.45) is 7.73. The summed E-state index contributed by atoms with van der Waals surface area (Å²) >= 11 is 1.62. The highest BCUT2D eigenvalue weighted by Gasteiger charge is 2.25. The minimum Gasteiger partial charge on any atom is -0.504 e. The van der Waals surface area contributed by atoms with Crippen molar-refractivity contribution in [2.45, 2.75) is 11.8 Å². The first-order chi connectivity index (χ1) is 13.9. The van der Waals surface area contributed by atoms with Crippen molar-refractivity contribution in [2.24, 2.45) is 0 Å². The van der Waals surface area contributed by atoms with Crippen LogP contribution in [0, 0.1) is 6.92 Å². The van der Waals surface area contributed by atoms with E-state index in [0.717, 1.165) is 27.8 Å². The topological polar surface area (TPSA) is 59.8 Å². The fourth-order valence-electron chi connectivity index (χ4n) is 2.69. The SMILES string of the molecule is Cc1cc(OB(F)F)c(C(=O)/C=C/C=C/C=C2/Sc3ccccc3N2C)c(=O)o1. The van der Waals surface area contributed by atoms with Gasteiger partial charge in [0.2, 0.25) is 0 Å². The zero-order chi connectivity index (χ0) is 21.0. The summed E-state index contributed by atoms with van der Waals surface area (Å²) in [6.45, 7) is 1.40. The van der Waals surface area contributed by atoms with E-state index in [9.17, 15) is 18.2 Å². The number of hydrogen-bond donors (Lipinski definition) is 0. The Morgan fingerprint density at radius 2 is 2.00 bits per heavy atom. The number of ketones is 1. The van der Waals surface area contributed by atoms with Crippen molar-refractivity contribution >= 4 is 30.7 Å². The molecule has 0 atom stereocenters. The van der Waals surface area contributed by atoms with Crippen LogP contribution in [0.4, 0.5) is 14.3 Å². The van der Waals surface area contributed by atoms with Crippen LogP contribution in [0.1, 0.15) is 16.1 Å². The van der Waals surface area contributed by atoms with Gasteiger partial charge >= 0.3 is 13.1 Å². The molecule has 1 aliphatic rings. The van der Waals surface area contributed by atoms with Crippen molar-refractivity contribution in [1.29, 1.82) is 0 Å². The molecular weight excluding hydrogens is 399 g/mol. The van der Waals surface area contributed by atoms with E-state index in [1.54, 1.807) is 23.9 Å². The quantitative estimate of drug-likeness (QED) is 0.297. The van der Waals surface area contributed by atoms with Crippen LogP contribution in [0.15, 0.2) is 79.8 Å². The lowest BCUT2D eigenvalue weighted by atomic mass is 10.1. The van der Waals surface area contributed by atoms with Crippen molar-refractivity contribution < 1.29 is 22.5 Å². The summed E-state index contributed by atoms with van der Waals surface area (Å²) < 4.78 is 34.2. The van der Waals surface area contributed by atoms with Gasteiger partial charge < -0.3 is 14.0 Å². The summed E-state index contributed by atoms with van der Waals surface area (Å²) in [5, 5.41) is 1.01. The van der Waals surface area contributed by atoms with Crippen molar-refractivity contribution in [3.05, 3.63) is 87.5 Å². The van der Waals surface area contributed by atoms with E-state index in [0.29, 0.717) is 0 Å². The van der Waals surface area contributed by atoms with Gasteiger partial charge in [-0.15, -0.1) is 0 Å². The maximum absolute atomic E-state index is 12.5. The average molecular weight is 415 g/mol. The van der Waals surface area contributed by atoms with Crippen LogP contribution in [0.3, 0.4) is 0 Å². The van der Waals surface area contributed by atoms with Crippen molar-refractivity contribution in [1.82, 2.24) is 0 Å². The van der Waals surface area contributed by atoms with Gasteiger partial charge in [0.1, 0.15) is 17.1 Å². The second kappa shape index (κ2) is 8.96. The fourth-order valence-corrected chi connectivity index (χ4v) is 3.75. The molecular formula is C20H16BF2NO4S. The van der Waals surface area contributed by atoms with Gasteiger partial charge in [-0.3, -0.25) is 4.79 Å². The summed E-state index contributed by atoms with van der Waals surface area (Å²) in [5.41, 5.74) is -0.482. The van der Waals surface area contributed by atoms with E-state index in [2.05, 4.69) is 4.65 Å². The number of thioether (sulfide) groups is 1. The number of hydrogen-bond acceptors (Lipinski definition) is 6. The van der Waals surface area contributed by atoms with E-state index in [-0.39, 0.29) is 5.76 Å². The molecule has 0 unspecified atom stereocenters. The molecule has 0 amide bonds. The first-order valence-corrected chi connectivity index (χ1v) is 9.38. The van der Waals surface area contributed by atoms with Crippen LogP contribution in [0.5, 0.6) is 5.75 Å². The molecule has 1 aromatic heterocycles. The van der Waals surface area contributed by atoms with E-state index in [4.69, 9.17) is 4.42 Å². The van der Waals surface area contributed by atoms with Gasteiger partial charge in [0, 0.05) is 18.0 Å². The number of para-hydroxylation sites is 1. The summed E-state index contributed by atoms with van der Waals surface area (Å²) in [7, 11) is -1.21. The first kappa shape index (κ1) is 20.7. The minimum atomic E-state index is -3.16. The second-order valence-electron chi connectivity index (χ2n) is 6.00. The zero-order valence-corrected chi connectivity index (χ0v) is 16.4. The molecule has 29 heavy (non-hydrogen) atoms. The number of aryl methyl sites for hydroxylation is 1. The lowest BCUT2D eigenvalue weighted by Gasteiger charge is -2.12. The smallest absolute Gasteiger partial charge is 0.504 e. The molecule has 5 nitrogen and oxygen atoms in total. The number of benzene rings is 1. The van der Waals surface area contributed by atoms with Gasteiger partial charge in [0.25, 0.3) is 0 Å². The molecule has 0 spiro atoms. The van der Waals surface area contributed by atoms with Crippen molar-refractivity contribution in [2.75, 3.05) is 11.9 Å². The minimum absolute atomic E-state index is 0.0666. The van der Waals surface area contributed by atoms with E-state index < -0.39 is 30.2 Å². The summed E-state index contributed by atoms with van der Waals surface area (Å²) in [5.74, 6) is -1.22. The molecule has 0 saturated heterocycles.